The van der Waals surface area contributed by atoms with E-state index in [0.29, 0.717) is 29.4 Å². The van der Waals surface area contributed by atoms with Crippen molar-refractivity contribution in [2.45, 2.75) is 12.5 Å². The number of amides is 1. The topological polar surface area (TPSA) is 94.1 Å². The van der Waals surface area contributed by atoms with Crippen LogP contribution in [0.1, 0.15) is 33.2 Å². The molecule has 0 aromatic heterocycles. The molecule has 0 saturated heterocycles. The summed E-state index contributed by atoms with van der Waals surface area (Å²) in [6.07, 6.45) is -0.455. The summed E-state index contributed by atoms with van der Waals surface area (Å²) < 4.78 is 16.2. The first-order valence-electron chi connectivity index (χ1n) is 8.71. The van der Waals surface area contributed by atoms with Gasteiger partial charge in [0.2, 0.25) is 0 Å². The fraction of sp³-hybridized carbons (Fsp3) is 0.300. The van der Waals surface area contributed by atoms with Crippen LogP contribution in [0.25, 0.3) is 0 Å². The Morgan fingerprint density at radius 3 is 2.86 bits per heavy atom. The van der Waals surface area contributed by atoms with Crippen LogP contribution in [-0.2, 0) is 15.9 Å². The zero-order chi connectivity index (χ0) is 20.1. The van der Waals surface area contributed by atoms with Crippen molar-refractivity contribution in [3.8, 4) is 5.75 Å². The van der Waals surface area contributed by atoms with Gasteiger partial charge in [-0.25, -0.2) is 9.59 Å². The Balaban J connectivity index is 1.95. The number of carboxylic acids is 1. The van der Waals surface area contributed by atoms with E-state index in [9.17, 15) is 14.7 Å². The van der Waals surface area contributed by atoms with Crippen LogP contribution in [0.2, 0.25) is 5.02 Å². The van der Waals surface area contributed by atoms with E-state index in [4.69, 9.17) is 21.1 Å². The van der Waals surface area contributed by atoms with Gasteiger partial charge in [0.15, 0.2) is 0 Å². The van der Waals surface area contributed by atoms with Crippen molar-refractivity contribution in [2.75, 3.05) is 26.9 Å². The molecule has 7 nitrogen and oxygen atoms in total. The molecule has 0 spiro atoms. The van der Waals surface area contributed by atoms with Gasteiger partial charge < -0.3 is 24.6 Å². The molecule has 3 rings (SSSR count). The maximum absolute atomic E-state index is 11.6. The third-order valence-electron chi connectivity index (χ3n) is 4.38. The van der Waals surface area contributed by atoms with Crippen molar-refractivity contribution < 1.29 is 28.9 Å². The number of hydrogen-bond donors (Lipinski definition) is 2. The molecule has 0 radical (unpaired) electrons. The lowest BCUT2D eigenvalue weighted by Gasteiger charge is -2.22. The molecule has 0 aliphatic carbocycles. The molecule has 1 heterocycles. The number of fused-ring (bicyclic) bond motifs is 1. The van der Waals surface area contributed by atoms with E-state index in [1.54, 1.807) is 24.3 Å². The fourth-order valence-corrected chi connectivity index (χ4v) is 3.32. The number of carbonyl (C=O) groups is 2. The van der Waals surface area contributed by atoms with Crippen LogP contribution in [0.5, 0.6) is 5.75 Å². The monoisotopic (exact) mass is 405 g/mol. The number of nitrogens with one attached hydrogen (secondary N) is 1. The van der Waals surface area contributed by atoms with E-state index < -0.39 is 18.2 Å². The number of rotatable bonds is 7. The average Bonchev–Trinajstić information content (AvgIpc) is 3.16. The van der Waals surface area contributed by atoms with Gasteiger partial charge in [-0.2, -0.15) is 0 Å². The molecular formula is C20H20ClNO6. The second-order valence-electron chi connectivity index (χ2n) is 6.17. The highest BCUT2D eigenvalue weighted by Gasteiger charge is 2.26. The number of halogens is 1. The minimum Gasteiger partial charge on any atom is -0.493 e. The van der Waals surface area contributed by atoms with Crippen molar-refractivity contribution in [3.63, 3.8) is 0 Å². The minimum atomic E-state index is -1.04. The van der Waals surface area contributed by atoms with Gasteiger partial charge in [0.1, 0.15) is 11.9 Å². The van der Waals surface area contributed by atoms with E-state index in [-0.39, 0.29) is 18.7 Å². The number of carboxylic acid groups (broad SMARTS) is 1. The molecule has 2 aromatic rings. The van der Waals surface area contributed by atoms with Gasteiger partial charge in [0.05, 0.1) is 25.9 Å². The largest absolute Gasteiger partial charge is 0.493 e. The predicted molar refractivity (Wildman–Crippen MR) is 102 cm³/mol. The molecule has 1 aliphatic heterocycles. The number of benzene rings is 2. The van der Waals surface area contributed by atoms with Crippen molar-refractivity contribution in [1.82, 2.24) is 5.32 Å². The summed E-state index contributed by atoms with van der Waals surface area (Å²) in [4.78, 5) is 22.8. The molecule has 1 amide bonds. The summed E-state index contributed by atoms with van der Waals surface area (Å²) in [6, 6.07) is 10.3. The van der Waals surface area contributed by atoms with Crippen LogP contribution >= 0.6 is 11.6 Å². The van der Waals surface area contributed by atoms with Crippen molar-refractivity contribution in [3.05, 3.63) is 63.7 Å². The number of alkyl carbamates (subject to hydrolysis) is 1. The summed E-state index contributed by atoms with van der Waals surface area (Å²) >= 11 is 6.15. The van der Waals surface area contributed by atoms with Crippen LogP contribution in [0.3, 0.4) is 0 Å². The second kappa shape index (κ2) is 8.95. The first kappa shape index (κ1) is 20.0. The standard InChI is InChI=1S/C20H20ClNO6/c1-26-20(25)22-6-8-28-18(12-3-2-4-14(21)9-12)16-10-13(19(23)24)11-17-15(16)5-7-27-17/h2-4,9-11,18H,5-8H2,1H3,(H,22,25)(H,23,24). The normalized spacial score (nSPS) is 13.4. The van der Waals surface area contributed by atoms with Gasteiger partial charge in [-0.1, -0.05) is 23.7 Å². The predicted octanol–water partition coefficient (Wildman–Crippen LogP) is 3.44. The highest BCUT2D eigenvalue weighted by molar-refractivity contribution is 6.30. The van der Waals surface area contributed by atoms with E-state index in [0.717, 1.165) is 11.1 Å². The molecule has 148 valence electrons. The van der Waals surface area contributed by atoms with E-state index in [1.165, 1.54) is 13.2 Å². The Kier molecular flexibility index (Phi) is 6.38. The quantitative estimate of drug-likeness (QED) is 0.685. The van der Waals surface area contributed by atoms with Crippen LogP contribution in [0.4, 0.5) is 4.79 Å². The number of aromatic carboxylic acids is 1. The zero-order valence-corrected chi connectivity index (χ0v) is 16.0. The Hall–Kier alpha value is -2.77. The SMILES string of the molecule is COC(=O)NCCOC(c1cccc(Cl)c1)c1cc(C(=O)O)cc2c1CCO2. The lowest BCUT2D eigenvalue weighted by Crippen LogP contribution is -2.27. The molecule has 28 heavy (non-hydrogen) atoms. The zero-order valence-electron chi connectivity index (χ0n) is 15.2. The first-order chi connectivity index (χ1) is 13.5. The highest BCUT2D eigenvalue weighted by Crippen LogP contribution is 2.38. The van der Waals surface area contributed by atoms with E-state index in [1.807, 2.05) is 6.07 Å². The first-order valence-corrected chi connectivity index (χ1v) is 9.09. The third-order valence-corrected chi connectivity index (χ3v) is 4.61. The van der Waals surface area contributed by atoms with Crippen LogP contribution < -0.4 is 10.1 Å². The van der Waals surface area contributed by atoms with Gasteiger partial charge in [0, 0.05) is 23.6 Å². The van der Waals surface area contributed by atoms with Crippen LogP contribution in [-0.4, -0.2) is 44.0 Å². The molecule has 2 aromatic carbocycles. The molecular weight excluding hydrogens is 386 g/mol. The summed E-state index contributed by atoms with van der Waals surface area (Å²) in [7, 11) is 1.28. The van der Waals surface area contributed by atoms with Gasteiger partial charge in [-0.3, -0.25) is 0 Å². The molecule has 0 fully saturated rings. The lowest BCUT2D eigenvalue weighted by atomic mass is 9.93. The number of methoxy groups -OCH3 is 1. The molecule has 2 N–H and O–H groups in total. The lowest BCUT2D eigenvalue weighted by molar-refractivity contribution is 0.0693. The van der Waals surface area contributed by atoms with Gasteiger partial charge >= 0.3 is 12.1 Å². The summed E-state index contributed by atoms with van der Waals surface area (Å²) in [5.41, 5.74) is 2.53. The summed E-state index contributed by atoms with van der Waals surface area (Å²) in [6.45, 7) is 0.915. The number of carbonyl (C=O) groups excluding carboxylic acids is 1. The molecule has 8 heteroatoms. The van der Waals surface area contributed by atoms with Crippen molar-refractivity contribution >= 4 is 23.7 Å². The Bertz CT molecular complexity index is 885. The van der Waals surface area contributed by atoms with E-state index >= 15 is 0 Å². The maximum Gasteiger partial charge on any atom is 0.406 e. The van der Waals surface area contributed by atoms with Gasteiger partial charge in [-0.15, -0.1) is 0 Å². The molecule has 0 bridgehead atoms. The maximum atomic E-state index is 11.6. The van der Waals surface area contributed by atoms with E-state index in [2.05, 4.69) is 10.1 Å². The summed E-state index contributed by atoms with van der Waals surface area (Å²) in [5.74, 6) is -0.491. The van der Waals surface area contributed by atoms with Gasteiger partial charge in [-0.05, 0) is 35.4 Å². The Morgan fingerprint density at radius 2 is 2.14 bits per heavy atom. The van der Waals surface area contributed by atoms with Crippen molar-refractivity contribution in [2.24, 2.45) is 0 Å². The Labute approximate surface area is 167 Å². The molecule has 1 atom stereocenters. The molecule has 1 unspecified atom stereocenters. The smallest absolute Gasteiger partial charge is 0.406 e. The third kappa shape index (κ3) is 4.55. The van der Waals surface area contributed by atoms with Crippen LogP contribution in [0, 0.1) is 0 Å². The number of hydrogen-bond acceptors (Lipinski definition) is 5. The van der Waals surface area contributed by atoms with Gasteiger partial charge in [0.25, 0.3) is 0 Å². The van der Waals surface area contributed by atoms with Crippen LogP contribution in [0.15, 0.2) is 36.4 Å². The Morgan fingerprint density at radius 1 is 1.32 bits per heavy atom. The van der Waals surface area contributed by atoms with Crippen molar-refractivity contribution in [1.29, 1.82) is 0 Å². The fourth-order valence-electron chi connectivity index (χ4n) is 3.12. The minimum absolute atomic E-state index is 0.124. The average molecular weight is 406 g/mol. The summed E-state index contributed by atoms with van der Waals surface area (Å²) in [5, 5.41) is 12.6. The highest BCUT2D eigenvalue weighted by atomic mass is 35.5. The molecule has 1 aliphatic rings. The second-order valence-corrected chi connectivity index (χ2v) is 6.61. The molecule has 0 saturated carbocycles. The number of ether oxygens (including phenoxy) is 3.